The number of anilines is 1. The van der Waals surface area contributed by atoms with Gasteiger partial charge < -0.3 is 20.7 Å². The molecule has 1 aromatic carbocycles. The number of rotatable bonds is 8. The first kappa shape index (κ1) is 23.3. The van der Waals surface area contributed by atoms with Crippen molar-refractivity contribution < 1.29 is 9.53 Å². The summed E-state index contributed by atoms with van der Waals surface area (Å²) in [6, 6.07) is 7.73. The lowest BCUT2D eigenvalue weighted by Crippen LogP contribution is -2.45. The van der Waals surface area contributed by atoms with Crippen LogP contribution in [0.4, 0.5) is 5.69 Å². The van der Waals surface area contributed by atoms with Crippen LogP contribution >= 0.6 is 24.8 Å². The fourth-order valence-electron chi connectivity index (χ4n) is 1.99. The predicted molar refractivity (Wildman–Crippen MR) is 96.4 cm³/mol. The number of nitrogens with one attached hydrogen (secondary N) is 1. The van der Waals surface area contributed by atoms with Crippen molar-refractivity contribution in [3.8, 4) is 0 Å². The molecule has 1 rings (SSSR count). The van der Waals surface area contributed by atoms with E-state index in [0.717, 1.165) is 13.1 Å². The Morgan fingerprint density at radius 2 is 2.09 bits per heavy atom. The highest BCUT2D eigenvalue weighted by atomic mass is 35.5. The van der Waals surface area contributed by atoms with Gasteiger partial charge in [0.05, 0.1) is 6.61 Å². The number of nitrogens with zero attached hydrogens (tertiary/aromatic N) is 1. The maximum atomic E-state index is 11.7. The number of hydrogen-bond acceptors (Lipinski definition) is 4. The highest BCUT2D eigenvalue weighted by molar-refractivity contribution is 5.85. The first-order chi connectivity index (χ1) is 9.58. The highest BCUT2D eigenvalue weighted by Gasteiger charge is 2.12. The molecule has 0 aromatic heterocycles. The molecule has 1 atom stereocenters. The van der Waals surface area contributed by atoms with E-state index in [-0.39, 0.29) is 37.3 Å². The summed E-state index contributed by atoms with van der Waals surface area (Å²) >= 11 is 0. The number of amides is 1. The van der Waals surface area contributed by atoms with Crippen molar-refractivity contribution in [2.45, 2.75) is 19.9 Å². The number of hydrogen-bond donors (Lipinski definition) is 2. The topological polar surface area (TPSA) is 67.6 Å². The van der Waals surface area contributed by atoms with Gasteiger partial charge in [0, 0.05) is 32.4 Å². The molecule has 1 unspecified atom stereocenters. The summed E-state index contributed by atoms with van der Waals surface area (Å²) in [5, 5.41) is 2.83. The average Bonchev–Trinajstić information content (AvgIpc) is 2.43. The molecule has 0 heterocycles. The second-order valence-electron chi connectivity index (χ2n) is 4.77. The lowest BCUT2D eigenvalue weighted by molar-refractivity contribution is -0.123. The van der Waals surface area contributed by atoms with Gasteiger partial charge in [0.25, 0.3) is 0 Å². The summed E-state index contributed by atoms with van der Waals surface area (Å²) < 4.78 is 4.86. The Balaban J connectivity index is 0. The molecule has 1 aromatic rings. The molecule has 0 aliphatic rings. The summed E-state index contributed by atoms with van der Waals surface area (Å²) in [6.07, 6.45) is 0. The number of carbonyl (C=O) groups excluding carboxylic acids is 1. The lowest BCUT2D eigenvalue weighted by atomic mass is 10.2. The van der Waals surface area contributed by atoms with Gasteiger partial charge in [0.1, 0.15) is 6.04 Å². The Hall–Kier alpha value is -1.01. The van der Waals surface area contributed by atoms with Gasteiger partial charge in [-0.2, -0.15) is 0 Å². The number of ether oxygens (including phenoxy) is 1. The lowest BCUT2D eigenvalue weighted by Gasteiger charge is -2.24. The third kappa shape index (κ3) is 7.84. The van der Waals surface area contributed by atoms with E-state index in [9.17, 15) is 4.79 Å². The normalized spacial score (nSPS) is 10.9. The van der Waals surface area contributed by atoms with E-state index in [1.807, 2.05) is 6.07 Å². The van der Waals surface area contributed by atoms with Crippen molar-refractivity contribution in [1.29, 1.82) is 0 Å². The van der Waals surface area contributed by atoms with Crippen molar-refractivity contribution >= 4 is 36.4 Å². The van der Waals surface area contributed by atoms with Gasteiger partial charge in [0.15, 0.2) is 0 Å². The molecule has 7 heteroatoms. The number of likely N-dealkylation sites (N-methyl/N-ethyl adjacent to an activating group) is 1. The summed E-state index contributed by atoms with van der Waals surface area (Å²) in [6.45, 7) is 6.62. The zero-order chi connectivity index (χ0) is 15.0. The third-order valence-corrected chi connectivity index (χ3v) is 3.11. The molecule has 22 heavy (non-hydrogen) atoms. The van der Waals surface area contributed by atoms with Crippen LogP contribution in [0.15, 0.2) is 24.3 Å². The Bertz CT molecular complexity index is 433. The standard InChI is InChI=1S/C15H25N3O2.2ClH/c1-4-18(13-7-5-6-12(2)10-13)9-8-17-15(19)14(16)11-20-3;;/h5-7,10,14H,4,8-9,11,16H2,1-3H3,(H,17,19);2*1H. The van der Waals surface area contributed by atoms with Crippen LogP contribution in [0.5, 0.6) is 0 Å². The summed E-state index contributed by atoms with van der Waals surface area (Å²) in [5.41, 5.74) is 8.06. The van der Waals surface area contributed by atoms with Crippen LogP contribution in [0, 0.1) is 6.92 Å². The molecule has 0 saturated carbocycles. The molecule has 0 fully saturated rings. The van der Waals surface area contributed by atoms with Gasteiger partial charge in [-0.3, -0.25) is 4.79 Å². The predicted octanol–water partition coefficient (Wildman–Crippen LogP) is 1.75. The summed E-state index contributed by atoms with van der Waals surface area (Å²) in [4.78, 5) is 13.9. The quantitative estimate of drug-likeness (QED) is 0.748. The van der Waals surface area contributed by atoms with Gasteiger partial charge >= 0.3 is 0 Å². The number of nitrogens with two attached hydrogens (primary N) is 1. The number of halogens is 2. The molecule has 0 spiro atoms. The molecule has 0 radical (unpaired) electrons. The van der Waals surface area contributed by atoms with E-state index in [1.165, 1.54) is 18.4 Å². The van der Waals surface area contributed by atoms with E-state index >= 15 is 0 Å². The van der Waals surface area contributed by atoms with E-state index < -0.39 is 6.04 Å². The molecule has 0 aliphatic heterocycles. The van der Waals surface area contributed by atoms with Crippen LogP contribution in [0.2, 0.25) is 0 Å². The highest BCUT2D eigenvalue weighted by Crippen LogP contribution is 2.14. The van der Waals surface area contributed by atoms with Gasteiger partial charge in [-0.05, 0) is 31.5 Å². The van der Waals surface area contributed by atoms with Crippen LogP contribution in [0.3, 0.4) is 0 Å². The van der Waals surface area contributed by atoms with Gasteiger partial charge in [0.2, 0.25) is 5.91 Å². The fourth-order valence-corrected chi connectivity index (χ4v) is 1.99. The van der Waals surface area contributed by atoms with E-state index in [2.05, 4.69) is 42.3 Å². The molecular weight excluding hydrogens is 325 g/mol. The first-order valence-electron chi connectivity index (χ1n) is 6.92. The molecular formula is C15H27Cl2N3O2. The molecule has 0 bridgehead atoms. The Morgan fingerprint density at radius 3 is 2.64 bits per heavy atom. The van der Waals surface area contributed by atoms with Crippen LogP contribution < -0.4 is 16.0 Å². The van der Waals surface area contributed by atoms with Crippen LogP contribution in [0.1, 0.15) is 12.5 Å². The van der Waals surface area contributed by atoms with Crippen LogP contribution in [-0.4, -0.2) is 45.3 Å². The van der Waals surface area contributed by atoms with E-state index in [4.69, 9.17) is 10.5 Å². The zero-order valence-electron chi connectivity index (χ0n) is 13.4. The van der Waals surface area contributed by atoms with Gasteiger partial charge in [-0.1, -0.05) is 12.1 Å². The second kappa shape index (κ2) is 12.5. The zero-order valence-corrected chi connectivity index (χ0v) is 15.0. The maximum absolute atomic E-state index is 11.7. The minimum absolute atomic E-state index is 0. The first-order valence-corrected chi connectivity index (χ1v) is 6.92. The SMILES string of the molecule is CCN(CCNC(=O)C(N)COC)c1cccc(C)c1.Cl.Cl. The number of benzene rings is 1. The number of aryl methyl sites for hydroxylation is 1. The van der Waals surface area contributed by atoms with Crippen molar-refractivity contribution in [3.05, 3.63) is 29.8 Å². The van der Waals surface area contributed by atoms with Crippen molar-refractivity contribution in [3.63, 3.8) is 0 Å². The Morgan fingerprint density at radius 1 is 1.41 bits per heavy atom. The maximum Gasteiger partial charge on any atom is 0.239 e. The van der Waals surface area contributed by atoms with Crippen molar-refractivity contribution in [2.75, 3.05) is 38.3 Å². The summed E-state index contributed by atoms with van der Waals surface area (Å²) in [7, 11) is 1.53. The Labute approximate surface area is 145 Å². The Kier molecular flexibility index (Phi) is 13.2. The van der Waals surface area contributed by atoms with Crippen LogP contribution in [0.25, 0.3) is 0 Å². The largest absolute Gasteiger partial charge is 0.383 e. The van der Waals surface area contributed by atoms with Crippen molar-refractivity contribution in [1.82, 2.24) is 5.32 Å². The molecule has 128 valence electrons. The summed E-state index contributed by atoms with van der Waals surface area (Å²) in [5.74, 6) is -0.174. The molecule has 5 nitrogen and oxygen atoms in total. The molecule has 1 amide bonds. The smallest absolute Gasteiger partial charge is 0.239 e. The fraction of sp³-hybridized carbons (Fsp3) is 0.533. The monoisotopic (exact) mass is 351 g/mol. The second-order valence-corrected chi connectivity index (χ2v) is 4.77. The number of carbonyl (C=O) groups is 1. The average molecular weight is 352 g/mol. The van der Waals surface area contributed by atoms with Crippen LogP contribution in [-0.2, 0) is 9.53 Å². The van der Waals surface area contributed by atoms with E-state index in [0.29, 0.717) is 6.54 Å². The molecule has 3 N–H and O–H groups in total. The van der Waals surface area contributed by atoms with E-state index in [1.54, 1.807) is 0 Å². The van der Waals surface area contributed by atoms with Gasteiger partial charge in [-0.15, -0.1) is 24.8 Å². The molecule has 0 aliphatic carbocycles. The van der Waals surface area contributed by atoms with Crippen molar-refractivity contribution in [2.24, 2.45) is 5.73 Å². The number of methoxy groups -OCH3 is 1. The molecule has 0 saturated heterocycles. The van der Waals surface area contributed by atoms with Gasteiger partial charge in [-0.25, -0.2) is 0 Å². The minimum atomic E-state index is -0.603. The third-order valence-electron chi connectivity index (χ3n) is 3.11. The minimum Gasteiger partial charge on any atom is -0.383 e.